The number of ether oxygens (including phenoxy) is 1. The molecule has 0 aromatic heterocycles. The normalized spacial score (nSPS) is 26.2. The Morgan fingerprint density at radius 3 is 2.45 bits per heavy atom. The molecule has 0 saturated carbocycles. The summed E-state index contributed by atoms with van der Waals surface area (Å²) in [4.78, 5) is 42.2. The molecule has 168 valence electrons. The second-order valence-corrected chi connectivity index (χ2v) is 8.23. The van der Waals surface area contributed by atoms with Gasteiger partial charge in [0.25, 0.3) is 5.91 Å². The molecule has 3 aliphatic heterocycles. The summed E-state index contributed by atoms with van der Waals surface area (Å²) in [7, 11) is 1.16. The third kappa shape index (κ3) is 3.70. The van der Waals surface area contributed by atoms with Crippen molar-refractivity contribution >= 4 is 17.8 Å². The van der Waals surface area contributed by atoms with Crippen LogP contribution in [-0.2, 0) is 31.8 Å². The number of fused-ring (bicyclic) bond motifs is 2. The van der Waals surface area contributed by atoms with Crippen LogP contribution in [0.3, 0.4) is 0 Å². The summed E-state index contributed by atoms with van der Waals surface area (Å²) in [6.45, 7) is 0.485. The number of halogens is 3. The summed E-state index contributed by atoms with van der Waals surface area (Å²) in [5.74, 6) is -1.76. The Morgan fingerprint density at radius 2 is 1.87 bits per heavy atom. The van der Waals surface area contributed by atoms with Crippen molar-refractivity contribution in [3.05, 3.63) is 35.4 Å². The van der Waals surface area contributed by atoms with Crippen LogP contribution in [0.2, 0.25) is 0 Å². The monoisotopic (exact) mass is 441 g/mol. The molecule has 3 aliphatic rings. The lowest BCUT2D eigenvalue weighted by Gasteiger charge is -2.58. The zero-order valence-corrected chi connectivity index (χ0v) is 16.8. The third-order valence-electron chi connectivity index (χ3n) is 6.20. The molecule has 1 aromatic carbocycles. The van der Waals surface area contributed by atoms with E-state index in [1.165, 1.54) is 12.1 Å². The Morgan fingerprint density at radius 1 is 1.23 bits per heavy atom. The summed E-state index contributed by atoms with van der Waals surface area (Å²) < 4.78 is 42.8. The van der Waals surface area contributed by atoms with Gasteiger partial charge in [-0.1, -0.05) is 12.1 Å². The molecule has 31 heavy (non-hydrogen) atoms. The highest BCUT2D eigenvalue weighted by Gasteiger charge is 2.64. The van der Waals surface area contributed by atoms with E-state index in [0.717, 1.165) is 24.1 Å². The van der Waals surface area contributed by atoms with Crippen LogP contribution in [-0.4, -0.2) is 88.6 Å². The van der Waals surface area contributed by atoms with Crippen molar-refractivity contribution in [3.63, 3.8) is 0 Å². The van der Waals surface area contributed by atoms with Gasteiger partial charge in [0.1, 0.15) is 12.1 Å². The maximum Gasteiger partial charge on any atom is 0.416 e. The molecule has 8 nitrogen and oxygen atoms in total. The van der Waals surface area contributed by atoms with Gasteiger partial charge in [0.15, 0.2) is 0 Å². The molecule has 1 aromatic rings. The summed E-state index contributed by atoms with van der Waals surface area (Å²) in [6, 6.07) is 4.11. The first kappa shape index (κ1) is 21.7. The Kier molecular flexibility index (Phi) is 5.31. The molecular weight excluding hydrogens is 419 g/mol. The first-order chi connectivity index (χ1) is 14.5. The number of nitrogens with zero attached hydrogens (tertiary/aromatic N) is 3. The first-order valence-electron chi connectivity index (χ1n) is 9.81. The van der Waals surface area contributed by atoms with E-state index in [1.807, 2.05) is 4.90 Å². The molecule has 3 heterocycles. The van der Waals surface area contributed by atoms with Crippen molar-refractivity contribution in [2.75, 3.05) is 33.3 Å². The maximum atomic E-state index is 13.2. The smallest absolute Gasteiger partial charge is 0.416 e. The highest BCUT2D eigenvalue weighted by Crippen LogP contribution is 2.41. The number of rotatable bonds is 4. The van der Waals surface area contributed by atoms with Crippen molar-refractivity contribution in [3.8, 4) is 0 Å². The molecule has 0 unspecified atom stereocenters. The number of carbonyl (C=O) groups is 3. The number of aliphatic hydroxyl groups excluding tert-OH is 1. The fourth-order valence-electron chi connectivity index (χ4n) is 4.70. The van der Waals surface area contributed by atoms with Gasteiger partial charge in [-0.05, 0) is 24.1 Å². The minimum Gasteiger partial charge on any atom is -0.468 e. The lowest BCUT2D eigenvalue weighted by Crippen LogP contribution is -2.81. The summed E-state index contributed by atoms with van der Waals surface area (Å²) in [5, 5.41) is 10.1. The molecule has 1 spiro atoms. The van der Waals surface area contributed by atoms with Gasteiger partial charge in [0, 0.05) is 26.2 Å². The molecule has 2 atom stereocenters. The Labute approximate surface area is 176 Å². The molecule has 1 N–H and O–H groups in total. The van der Waals surface area contributed by atoms with Crippen LogP contribution in [0.1, 0.15) is 17.5 Å². The molecule has 0 aliphatic carbocycles. The van der Waals surface area contributed by atoms with Gasteiger partial charge in [-0.25, -0.2) is 0 Å². The second kappa shape index (κ2) is 7.57. The predicted molar refractivity (Wildman–Crippen MR) is 99.3 cm³/mol. The van der Waals surface area contributed by atoms with Gasteiger partial charge in [-0.3, -0.25) is 29.1 Å². The topological polar surface area (TPSA) is 90.4 Å². The minimum atomic E-state index is -4.41. The molecule has 11 heteroatoms. The number of alkyl halides is 3. The highest BCUT2D eigenvalue weighted by atomic mass is 19.4. The van der Waals surface area contributed by atoms with Crippen molar-refractivity contribution in [1.82, 2.24) is 14.7 Å². The van der Waals surface area contributed by atoms with Gasteiger partial charge in [0.2, 0.25) is 5.91 Å². The standard InChI is InChI=1S/C20H22F3N3O5/c1-31-16(28)9-25-17(29)15-6-14(27)8-26(15)19(18(25)30)10-24(11-19)7-12-2-4-13(5-3-12)20(21,22)23/h2-5,14-15,27H,6-11H2,1H3/t14-,15+/m1/s1. The molecule has 4 rings (SSSR count). The van der Waals surface area contributed by atoms with E-state index < -0.39 is 53.8 Å². The van der Waals surface area contributed by atoms with Gasteiger partial charge in [-0.2, -0.15) is 13.2 Å². The number of esters is 1. The lowest BCUT2D eigenvalue weighted by molar-refractivity contribution is -0.183. The van der Waals surface area contributed by atoms with Crippen molar-refractivity contribution in [1.29, 1.82) is 0 Å². The number of methoxy groups -OCH3 is 1. The molecular formula is C20H22F3N3O5. The fraction of sp³-hybridized carbons (Fsp3) is 0.550. The van der Waals surface area contributed by atoms with Crippen molar-refractivity contribution in [2.45, 2.75) is 36.8 Å². The number of piperazine rings is 1. The first-order valence-corrected chi connectivity index (χ1v) is 9.81. The van der Waals surface area contributed by atoms with Crippen LogP contribution in [0.4, 0.5) is 13.2 Å². The zero-order chi connectivity index (χ0) is 22.6. The number of amides is 2. The fourth-order valence-corrected chi connectivity index (χ4v) is 4.70. The van der Waals surface area contributed by atoms with Crippen molar-refractivity contribution < 1.29 is 37.4 Å². The predicted octanol–water partition coefficient (Wildman–Crippen LogP) is 0.237. The Balaban J connectivity index is 1.50. The van der Waals surface area contributed by atoms with E-state index >= 15 is 0 Å². The van der Waals surface area contributed by atoms with Gasteiger partial charge in [-0.15, -0.1) is 0 Å². The number of hydrogen-bond donors (Lipinski definition) is 1. The van der Waals surface area contributed by atoms with Crippen LogP contribution >= 0.6 is 0 Å². The number of carbonyl (C=O) groups excluding carboxylic acids is 3. The Hall–Kier alpha value is -2.50. The van der Waals surface area contributed by atoms with E-state index in [0.29, 0.717) is 12.1 Å². The largest absolute Gasteiger partial charge is 0.468 e. The average Bonchev–Trinajstić information content (AvgIpc) is 3.08. The second-order valence-electron chi connectivity index (χ2n) is 8.23. The van der Waals surface area contributed by atoms with E-state index in [-0.39, 0.29) is 26.1 Å². The van der Waals surface area contributed by atoms with Gasteiger partial charge in [0.05, 0.1) is 24.8 Å². The maximum absolute atomic E-state index is 13.2. The van der Waals surface area contributed by atoms with Gasteiger partial charge < -0.3 is 9.84 Å². The lowest BCUT2D eigenvalue weighted by atomic mass is 9.82. The summed E-state index contributed by atoms with van der Waals surface area (Å²) in [5.41, 5.74) is -1.13. The number of β-amino-alcohol motifs (C(OH)–C–C–N with tert-alkyl or cyclic N) is 1. The molecule has 0 radical (unpaired) electrons. The van der Waals surface area contributed by atoms with Crippen LogP contribution in [0, 0.1) is 0 Å². The number of benzene rings is 1. The molecule has 0 bridgehead atoms. The van der Waals surface area contributed by atoms with Crippen LogP contribution < -0.4 is 0 Å². The number of hydrogen-bond acceptors (Lipinski definition) is 7. The quantitative estimate of drug-likeness (QED) is 0.529. The van der Waals surface area contributed by atoms with Gasteiger partial charge >= 0.3 is 12.1 Å². The summed E-state index contributed by atoms with van der Waals surface area (Å²) >= 11 is 0. The SMILES string of the molecule is COC(=O)CN1C(=O)[C@@H]2C[C@@H](O)CN2C2(CN(Cc3ccc(C(F)(F)F)cc3)C2)C1=O. The zero-order valence-electron chi connectivity index (χ0n) is 16.8. The third-order valence-corrected chi connectivity index (χ3v) is 6.20. The van der Waals surface area contributed by atoms with Crippen LogP contribution in [0.25, 0.3) is 0 Å². The van der Waals surface area contributed by atoms with E-state index in [2.05, 4.69) is 4.74 Å². The van der Waals surface area contributed by atoms with E-state index in [4.69, 9.17) is 0 Å². The van der Waals surface area contributed by atoms with E-state index in [9.17, 15) is 32.7 Å². The minimum absolute atomic E-state index is 0.169. The Bertz CT molecular complexity index is 898. The number of likely N-dealkylation sites (tertiary alicyclic amines) is 1. The van der Waals surface area contributed by atoms with Crippen molar-refractivity contribution in [2.24, 2.45) is 0 Å². The average molecular weight is 441 g/mol. The molecule has 3 saturated heterocycles. The molecule has 2 amide bonds. The van der Waals surface area contributed by atoms with Crippen LogP contribution in [0.15, 0.2) is 24.3 Å². The highest BCUT2D eigenvalue weighted by molar-refractivity contribution is 6.07. The molecule has 3 fully saturated rings. The van der Waals surface area contributed by atoms with E-state index in [1.54, 1.807) is 4.90 Å². The summed E-state index contributed by atoms with van der Waals surface area (Å²) in [6.07, 6.45) is -5.00. The number of aliphatic hydroxyl groups is 1. The number of imide groups is 1. The van der Waals surface area contributed by atoms with Crippen LogP contribution in [0.5, 0.6) is 0 Å².